The van der Waals surface area contributed by atoms with Crippen LogP contribution in [0.25, 0.3) is 0 Å². The van der Waals surface area contributed by atoms with Gasteiger partial charge in [0.25, 0.3) is 0 Å². The molecule has 1 aliphatic rings. The third kappa shape index (κ3) is 11.1. The lowest BCUT2D eigenvalue weighted by Gasteiger charge is -2.41. The summed E-state index contributed by atoms with van der Waals surface area (Å²) in [5.41, 5.74) is -2.97. The summed E-state index contributed by atoms with van der Waals surface area (Å²) in [7, 11) is 0. The number of nitriles is 1. The highest BCUT2D eigenvalue weighted by Gasteiger charge is 2.53. The summed E-state index contributed by atoms with van der Waals surface area (Å²) < 4.78 is 15.6. The molecule has 0 amide bonds. The molecule has 1 saturated heterocycles. The number of thioether (sulfide) groups is 1. The first kappa shape index (κ1) is 37.7. The average Bonchev–Trinajstić information content (AvgIpc) is 3.80. The van der Waals surface area contributed by atoms with Gasteiger partial charge in [0.1, 0.15) is 17.5 Å². The maximum Gasteiger partial charge on any atom is 0.319 e. The van der Waals surface area contributed by atoms with Gasteiger partial charge in [0.05, 0.1) is 39.7 Å². The van der Waals surface area contributed by atoms with Crippen LogP contribution in [-0.2, 0) is 28.6 Å². The number of nitrogens with zero attached hydrogens (tertiary/aromatic N) is 1. The van der Waals surface area contributed by atoms with Gasteiger partial charge in [0.2, 0.25) is 0 Å². The molecule has 5 atom stereocenters. The number of thiocarbonyl (C=S) groups is 1. The van der Waals surface area contributed by atoms with Crippen molar-refractivity contribution in [1.29, 1.82) is 5.26 Å². The second-order valence-corrected chi connectivity index (χ2v) is 15.7. The van der Waals surface area contributed by atoms with Crippen LogP contribution in [0.2, 0.25) is 0 Å². The molecule has 0 aliphatic carbocycles. The molecule has 1 aliphatic heterocycles. The first-order chi connectivity index (χ1) is 20.5. The zero-order chi connectivity index (χ0) is 33.2. The second kappa shape index (κ2) is 16.2. The number of unbranched alkanes of at least 4 members (excludes halogenated alkanes) is 1. The van der Waals surface area contributed by atoms with Crippen molar-refractivity contribution in [2.45, 2.75) is 104 Å². The van der Waals surface area contributed by atoms with Gasteiger partial charge >= 0.3 is 17.9 Å². The quantitative estimate of drug-likeness (QED) is 0.0924. The molecule has 1 aromatic rings. The van der Waals surface area contributed by atoms with Crippen LogP contribution in [0.3, 0.4) is 0 Å². The van der Waals surface area contributed by atoms with Crippen molar-refractivity contribution in [3.8, 4) is 6.07 Å². The fourth-order valence-electron chi connectivity index (χ4n) is 5.80. The predicted molar refractivity (Wildman–Crippen MR) is 176 cm³/mol. The number of carboxylic acid groups (broad SMARTS) is 1. The number of benzene rings is 1. The van der Waals surface area contributed by atoms with Crippen molar-refractivity contribution in [3.63, 3.8) is 0 Å². The predicted octanol–water partition coefficient (Wildman–Crippen LogP) is 7.37. The Balaban J connectivity index is 2.49. The summed E-state index contributed by atoms with van der Waals surface area (Å²) in [4.78, 5) is 40.7. The number of carboxylic acids is 1. The van der Waals surface area contributed by atoms with Gasteiger partial charge < -0.3 is 19.3 Å². The lowest BCUT2D eigenvalue weighted by Crippen LogP contribution is -2.48. The number of epoxide rings is 1. The van der Waals surface area contributed by atoms with Crippen molar-refractivity contribution in [2.75, 3.05) is 19.8 Å². The maximum atomic E-state index is 13.9. The molecule has 5 unspecified atom stereocenters. The molecule has 1 heterocycles. The van der Waals surface area contributed by atoms with E-state index < -0.39 is 38.9 Å². The van der Waals surface area contributed by atoms with Gasteiger partial charge in [-0.05, 0) is 71.8 Å². The van der Waals surface area contributed by atoms with Crippen LogP contribution in [0.4, 0.5) is 0 Å². The lowest BCUT2D eigenvalue weighted by atomic mass is 9.64. The molecule has 0 aromatic heterocycles. The van der Waals surface area contributed by atoms with E-state index >= 15 is 0 Å². The zero-order valence-corrected chi connectivity index (χ0v) is 28.9. The van der Waals surface area contributed by atoms with E-state index in [0.29, 0.717) is 16.4 Å². The van der Waals surface area contributed by atoms with E-state index in [1.54, 1.807) is 34.6 Å². The molecule has 0 saturated carbocycles. The van der Waals surface area contributed by atoms with Gasteiger partial charge in [0, 0.05) is 0 Å². The number of aliphatic carboxylic acids is 1. The van der Waals surface area contributed by atoms with E-state index in [1.807, 2.05) is 30.3 Å². The first-order valence-electron chi connectivity index (χ1n) is 15.4. The van der Waals surface area contributed by atoms with Gasteiger partial charge in [-0.3, -0.25) is 14.4 Å². The Morgan fingerprint density at radius 2 is 1.64 bits per heavy atom. The van der Waals surface area contributed by atoms with E-state index in [-0.39, 0.29) is 44.5 Å². The summed E-state index contributed by atoms with van der Waals surface area (Å²) in [6, 6.07) is 11.4. The highest BCUT2D eigenvalue weighted by Crippen LogP contribution is 2.49. The van der Waals surface area contributed by atoms with Crippen molar-refractivity contribution < 1.29 is 33.7 Å². The lowest BCUT2D eigenvalue weighted by molar-refractivity contribution is -0.167. The minimum Gasteiger partial charge on any atom is -0.480 e. The van der Waals surface area contributed by atoms with Crippen LogP contribution >= 0.6 is 24.0 Å². The molecule has 0 spiro atoms. The monoisotopic (exact) mass is 647 g/mol. The second-order valence-electron chi connectivity index (χ2n) is 13.5. The fraction of sp³-hybridized carbons (Fsp3) is 0.676. The molecular formula is C34H49NO7S2. The standard InChI is InChI=1S/C34H49NO7S2/c1-8-10-14-24(9-2)17-41-29(38)32(5,20-31(3,4)23-35)21-33(6,30(39)42-19-26-18-40-26)22-34(7,28(36)37)44-27(43)25-15-12-11-13-16-25/h11-13,15-16,24,26H,8-10,14,17-22H2,1-7H3,(H,36,37). The van der Waals surface area contributed by atoms with Crippen molar-refractivity contribution in [2.24, 2.45) is 22.2 Å². The summed E-state index contributed by atoms with van der Waals surface area (Å²) in [6.45, 7) is 13.3. The fourth-order valence-corrected chi connectivity index (χ4v) is 7.63. The molecule has 2 rings (SSSR count). The van der Waals surface area contributed by atoms with Crippen LogP contribution in [0.5, 0.6) is 0 Å². The highest BCUT2D eigenvalue weighted by atomic mass is 32.2. The third-order valence-corrected chi connectivity index (χ3v) is 9.88. The van der Waals surface area contributed by atoms with Crippen molar-refractivity contribution >= 4 is 46.1 Å². The van der Waals surface area contributed by atoms with E-state index in [9.17, 15) is 24.8 Å². The summed E-state index contributed by atoms with van der Waals surface area (Å²) in [6.07, 6.45) is 3.51. The first-order valence-corrected chi connectivity index (χ1v) is 16.6. The molecule has 0 radical (unpaired) electrons. The number of carbonyl (C=O) groups excluding carboxylic acids is 2. The summed E-state index contributed by atoms with van der Waals surface area (Å²) >= 11 is 6.63. The van der Waals surface area contributed by atoms with Crippen LogP contribution in [-0.4, -0.2) is 57.9 Å². The number of rotatable bonds is 19. The van der Waals surface area contributed by atoms with E-state index in [1.165, 1.54) is 0 Å². The van der Waals surface area contributed by atoms with Crippen LogP contribution in [0, 0.1) is 33.5 Å². The third-order valence-electron chi connectivity index (χ3n) is 8.20. The summed E-state index contributed by atoms with van der Waals surface area (Å²) in [5, 5.41) is 20.4. The minimum absolute atomic E-state index is 0.0359. The number of hydrogen-bond donors (Lipinski definition) is 1. The Kier molecular flexibility index (Phi) is 13.9. The van der Waals surface area contributed by atoms with E-state index in [2.05, 4.69) is 19.9 Å². The van der Waals surface area contributed by atoms with Crippen LogP contribution in [0.1, 0.15) is 99.0 Å². The number of ether oxygens (including phenoxy) is 3. The minimum atomic E-state index is -1.54. The largest absolute Gasteiger partial charge is 0.480 e. The summed E-state index contributed by atoms with van der Waals surface area (Å²) in [5.74, 6) is -2.08. The number of hydrogen-bond acceptors (Lipinski definition) is 9. The van der Waals surface area contributed by atoms with Crippen molar-refractivity contribution in [3.05, 3.63) is 35.9 Å². The van der Waals surface area contributed by atoms with Gasteiger partial charge in [0.15, 0.2) is 0 Å². The van der Waals surface area contributed by atoms with Gasteiger partial charge in [-0.2, -0.15) is 5.26 Å². The average molecular weight is 648 g/mol. The van der Waals surface area contributed by atoms with Crippen molar-refractivity contribution in [1.82, 2.24) is 0 Å². The topological polar surface area (TPSA) is 126 Å². The molecule has 8 nitrogen and oxygen atoms in total. The number of carbonyl (C=O) groups is 3. The SMILES string of the molecule is CCCCC(CC)COC(=O)C(C)(CC(C)(C)C#N)CC(C)(CC(C)(SC(=S)c1ccccc1)C(=O)O)C(=O)OCC1CO1. The van der Waals surface area contributed by atoms with Gasteiger partial charge in [-0.1, -0.05) is 87.4 Å². The van der Waals surface area contributed by atoms with Crippen LogP contribution < -0.4 is 0 Å². The van der Waals surface area contributed by atoms with Gasteiger partial charge in [-0.15, -0.1) is 0 Å². The van der Waals surface area contributed by atoms with Crippen LogP contribution in [0.15, 0.2) is 30.3 Å². The Hall–Kier alpha value is -2.48. The Morgan fingerprint density at radius 3 is 2.16 bits per heavy atom. The Labute approximate surface area is 272 Å². The molecule has 244 valence electrons. The van der Waals surface area contributed by atoms with E-state index in [4.69, 9.17) is 26.4 Å². The molecule has 1 aromatic carbocycles. The molecule has 44 heavy (non-hydrogen) atoms. The Bertz CT molecular complexity index is 1200. The molecule has 1 fully saturated rings. The molecule has 10 heteroatoms. The highest BCUT2D eigenvalue weighted by molar-refractivity contribution is 8.25. The zero-order valence-electron chi connectivity index (χ0n) is 27.3. The molecule has 1 N–H and O–H groups in total. The normalized spacial score (nSPS) is 19.3. The maximum absolute atomic E-state index is 13.9. The van der Waals surface area contributed by atoms with E-state index in [0.717, 1.165) is 37.4 Å². The van der Waals surface area contributed by atoms with Gasteiger partial charge in [-0.25, -0.2) is 0 Å². The molecular weight excluding hydrogens is 599 g/mol. The Morgan fingerprint density at radius 1 is 1.05 bits per heavy atom. The number of esters is 2. The smallest absolute Gasteiger partial charge is 0.319 e. The molecule has 0 bridgehead atoms.